The summed E-state index contributed by atoms with van der Waals surface area (Å²) in [5.74, 6) is -0.368. The minimum Gasteiger partial charge on any atom is -0.465 e. The topological polar surface area (TPSA) is 38.7 Å². The fourth-order valence-corrected chi connectivity index (χ4v) is 1.73. The highest BCUT2D eigenvalue weighted by Crippen LogP contribution is 2.19. The van der Waals surface area contributed by atoms with E-state index in [9.17, 15) is 4.79 Å². The number of hydrogen-bond acceptors (Lipinski definition) is 3. The van der Waals surface area contributed by atoms with E-state index in [1.54, 1.807) is 24.4 Å². The van der Waals surface area contributed by atoms with Gasteiger partial charge < -0.3 is 4.74 Å². The molecule has 0 N–H and O–H groups in total. The second-order valence-electron chi connectivity index (χ2n) is 4.01. The van der Waals surface area contributed by atoms with Gasteiger partial charge in [-0.1, -0.05) is 42.5 Å². The summed E-state index contributed by atoms with van der Waals surface area (Å²) in [5, 5.41) is 0. The Morgan fingerprint density at radius 1 is 1.11 bits per heavy atom. The summed E-state index contributed by atoms with van der Waals surface area (Å²) in [5.41, 5.74) is 2.29. The second kappa shape index (κ2) is 6.50. The number of rotatable bonds is 4. The summed E-state index contributed by atoms with van der Waals surface area (Å²) < 4.78 is 4.73. The van der Waals surface area contributed by atoms with Crippen LogP contribution in [0.1, 0.15) is 15.9 Å². The van der Waals surface area contributed by atoms with Crippen LogP contribution in [0.4, 0.5) is 5.69 Å². The minimum atomic E-state index is -0.368. The van der Waals surface area contributed by atoms with E-state index < -0.39 is 0 Å². The molecule has 2 rings (SSSR count). The van der Waals surface area contributed by atoms with E-state index in [-0.39, 0.29) is 5.97 Å². The van der Waals surface area contributed by atoms with Crippen LogP contribution in [0.2, 0.25) is 0 Å². The molecule has 0 amide bonds. The zero-order chi connectivity index (χ0) is 13.5. The number of carbonyl (C=O) groups excluding carboxylic acids is 1. The Morgan fingerprint density at radius 3 is 2.53 bits per heavy atom. The molecule has 3 heteroatoms. The number of esters is 1. The smallest absolute Gasteiger partial charge is 0.340 e. The Morgan fingerprint density at radius 2 is 1.79 bits per heavy atom. The predicted octanol–water partition coefficient (Wildman–Crippen LogP) is 3.42. The van der Waals surface area contributed by atoms with Crippen molar-refractivity contribution in [3.63, 3.8) is 0 Å². The monoisotopic (exact) mass is 253 g/mol. The van der Waals surface area contributed by atoms with Gasteiger partial charge in [0.15, 0.2) is 0 Å². The van der Waals surface area contributed by atoms with Crippen molar-refractivity contribution in [1.82, 2.24) is 0 Å². The van der Waals surface area contributed by atoms with Gasteiger partial charge in [-0.15, -0.1) is 0 Å². The van der Waals surface area contributed by atoms with Crippen molar-refractivity contribution in [2.45, 2.75) is 6.42 Å². The molecule has 0 spiro atoms. The second-order valence-corrected chi connectivity index (χ2v) is 4.01. The van der Waals surface area contributed by atoms with Crippen LogP contribution in [-0.4, -0.2) is 19.3 Å². The first-order chi connectivity index (χ1) is 9.31. The van der Waals surface area contributed by atoms with Crippen molar-refractivity contribution < 1.29 is 9.53 Å². The van der Waals surface area contributed by atoms with E-state index in [1.807, 2.05) is 36.4 Å². The number of aliphatic imine (C=N–C) groups is 1. The fraction of sp³-hybridized carbons (Fsp3) is 0.125. The zero-order valence-electron chi connectivity index (χ0n) is 10.7. The molecule has 0 aliphatic carbocycles. The van der Waals surface area contributed by atoms with Crippen molar-refractivity contribution in [3.05, 3.63) is 65.7 Å². The molecule has 0 saturated carbocycles. The molecule has 96 valence electrons. The van der Waals surface area contributed by atoms with Gasteiger partial charge in [-0.2, -0.15) is 0 Å². The molecule has 0 radical (unpaired) electrons. The molecule has 0 unspecified atom stereocenters. The van der Waals surface area contributed by atoms with Crippen LogP contribution in [0, 0.1) is 0 Å². The van der Waals surface area contributed by atoms with Gasteiger partial charge in [-0.25, -0.2) is 4.79 Å². The van der Waals surface area contributed by atoms with Crippen molar-refractivity contribution in [2.75, 3.05) is 7.11 Å². The summed E-state index contributed by atoms with van der Waals surface area (Å²) in [4.78, 5) is 15.9. The average molecular weight is 253 g/mol. The molecule has 0 heterocycles. The van der Waals surface area contributed by atoms with Crippen LogP contribution in [0.3, 0.4) is 0 Å². The molecule has 3 nitrogen and oxygen atoms in total. The van der Waals surface area contributed by atoms with E-state index in [0.717, 1.165) is 6.42 Å². The van der Waals surface area contributed by atoms with Crippen molar-refractivity contribution >= 4 is 17.9 Å². The van der Waals surface area contributed by atoms with E-state index in [2.05, 4.69) is 4.99 Å². The molecule has 0 aliphatic heterocycles. The molecule has 0 atom stereocenters. The Hall–Kier alpha value is -2.42. The van der Waals surface area contributed by atoms with E-state index in [4.69, 9.17) is 4.74 Å². The molecule has 0 fully saturated rings. The maximum atomic E-state index is 11.6. The van der Waals surface area contributed by atoms with Crippen LogP contribution >= 0.6 is 0 Å². The lowest BCUT2D eigenvalue weighted by atomic mass is 10.1. The lowest BCUT2D eigenvalue weighted by Crippen LogP contribution is -2.01. The third kappa shape index (κ3) is 3.52. The lowest BCUT2D eigenvalue weighted by Gasteiger charge is -2.02. The Bertz CT molecular complexity index is 576. The Labute approximate surface area is 112 Å². The summed E-state index contributed by atoms with van der Waals surface area (Å²) in [7, 11) is 1.37. The van der Waals surface area contributed by atoms with Gasteiger partial charge in [0.1, 0.15) is 0 Å². The Kier molecular flexibility index (Phi) is 4.45. The molecule has 2 aromatic rings. The largest absolute Gasteiger partial charge is 0.465 e. The third-order valence-corrected chi connectivity index (χ3v) is 2.71. The van der Waals surface area contributed by atoms with Crippen LogP contribution in [-0.2, 0) is 11.2 Å². The maximum Gasteiger partial charge on any atom is 0.340 e. The van der Waals surface area contributed by atoms with Gasteiger partial charge in [0.2, 0.25) is 0 Å². The summed E-state index contributed by atoms with van der Waals surface area (Å²) in [6.45, 7) is 0. The van der Waals surface area contributed by atoms with Gasteiger partial charge in [0.25, 0.3) is 0 Å². The normalized spacial score (nSPS) is 10.6. The first-order valence-corrected chi connectivity index (χ1v) is 6.05. The standard InChI is InChI=1S/C16H15NO2/c1-19-16(18)14-9-5-6-10-15(14)17-12-11-13-7-3-2-4-8-13/h2-10,12H,11H2,1H3. The van der Waals surface area contributed by atoms with Crippen LogP contribution in [0.15, 0.2) is 59.6 Å². The average Bonchev–Trinajstić information content (AvgIpc) is 2.48. The van der Waals surface area contributed by atoms with E-state index in [1.165, 1.54) is 12.7 Å². The molecule has 0 bridgehead atoms. The summed E-state index contributed by atoms with van der Waals surface area (Å²) in [6.07, 6.45) is 2.54. The minimum absolute atomic E-state index is 0.368. The molecule has 0 saturated heterocycles. The number of ether oxygens (including phenoxy) is 1. The van der Waals surface area contributed by atoms with Crippen LogP contribution in [0.25, 0.3) is 0 Å². The molecule has 0 aromatic heterocycles. The van der Waals surface area contributed by atoms with Crippen molar-refractivity contribution in [3.8, 4) is 0 Å². The number of methoxy groups -OCH3 is 1. The van der Waals surface area contributed by atoms with E-state index in [0.29, 0.717) is 11.3 Å². The number of benzene rings is 2. The quantitative estimate of drug-likeness (QED) is 0.618. The SMILES string of the molecule is COC(=O)c1ccccc1N=CCc1ccccc1. The summed E-state index contributed by atoms with van der Waals surface area (Å²) in [6, 6.07) is 17.2. The Balaban J connectivity index is 2.13. The lowest BCUT2D eigenvalue weighted by molar-refractivity contribution is 0.0602. The first kappa shape index (κ1) is 13.0. The van der Waals surface area contributed by atoms with E-state index >= 15 is 0 Å². The first-order valence-electron chi connectivity index (χ1n) is 6.05. The third-order valence-electron chi connectivity index (χ3n) is 2.71. The predicted molar refractivity (Wildman–Crippen MR) is 76.1 cm³/mol. The highest BCUT2D eigenvalue weighted by Gasteiger charge is 2.09. The van der Waals surface area contributed by atoms with Gasteiger partial charge in [-0.05, 0) is 17.7 Å². The molecular formula is C16H15NO2. The van der Waals surface area contributed by atoms with Crippen molar-refractivity contribution in [2.24, 2.45) is 4.99 Å². The highest BCUT2D eigenvalue weighted by atomic mass is 16.5. The molecule has 2 aromatic carbocycles. The number of nitrogens with zero attached hydrogens (tertiary/aromatic N) is 1. The molecule has 19 heavy (non-hydrogen) atoms. The number of hydrogen-bond donors (Lipinski definition) is 0. The van der Waals surface area contributed by atoms with Gasteiger partial charge in [0.05, 0.1) is 18.4 Å². The van der Waals surface area contributed by atoms with Gasteiger partial charge >= 0.3 is 5.97 Å². The highest BCUT2D eigenvalue weighted by molar-refractivity contribution is 5.95. The zero-order valence-corrected chi connectivity index (χ0v) is 10.7. The summed E-state index contributed by atoms with van der Waals surface area (Å²) >= 11 is 0. The number of carbonyl (C=O) groups is 1. The van der Waals surface area contributed by atoms with Crippen LogP contribution in [0.5, 0.6) is 0 Å². The van der Waals surface area contributed by atoms with Gasteiger partial charge in [0, 0.05) is 12.6 Å². The van der Waals surface area contributed by atoms with Crippen molar-refractivity contribution in [1.29, 1.82) is 0 Å². The molecule has 0 aliphatic rings. The van der Waals surface area contributed by atoms with Gasteiger partial charge in [-0.3, -0.25) is 4.99 Å². The molecular weight excluding hydrogens is 238 g/mol. The van der Waals surface area contributed by atoms with Crippen LogP contribution < -0.4 is 0 Å². The number of para-hydroxylation sites is 1. The fourth-order valence-electron chi connectivity index (χ4n) is 1.73. The maximum absolute atomic E-state index is 11.6.